The highest BCUT2D eigenvalue weighted by Crippen LogP contribution is 2.23. The molecular weight excluding hydrogens is 322 g/mol. The van der Waals surface area contributed by atoms with Crippen LogP contribution in [0.5, 0.6) is 5.75 Å². The fourth-order valence-corrected chi connectivity index (χ4v) is 2.54. The van der Waals surface area contributed by atoms with E-state index in [1.165, 1.54) is 6.20 Å². The van der Waals surface area contributed by atoms with E-state index in [0.717, 1.165) is 17.0 Å². The van der Waals surface area contributed by atoms with Crippen molar-refractivity contribution < 1.29 is 19.0 Å². The van der Waals surface area contributed by atoms with Gasteiger partial charge in [-0.25, -0.2) is 14.3 Å². The van der Waals surface area contributed by atoms with E-state index < -0.39 is 5.97 Å². The van der Waals surface area contributed by atoms with Crippen LogP contribution >= 0.6 is 0 Å². The molecule has 7 nitrogen and oxygen atoms in total. The van der Waals surface area contributed by atoms with Crippen LogP contribution in [0.3, 0.4) is 0 Å². The first-order valence-corrected chi connectivity index (χ1v) is 7.86. The van der Waals surface area contributed by atoms with E-state index in [1.54, 1.807) is 25.7 Å². The normalized spacial score (nSPS) is 10.8. The van der Waals surface area contributed by atoms with Crippen LogP contribution in [0.15, 0.2) is 36.5 Å². The van der Waals surface area contributed by atoms with Crippen LogP contribution in [0, 0.1) is 0 Å². The van der Waals surface area contributed by atoms with Crippen LogP contribution in [0.1, 0.15) is 23.0 Å². The Morgan fingerprint density at radius 2 is 1.96 bits per heavy atom. The topological polar surface area (TPSA) is 75.0 Å². The van der Waals surface area contributed by atoms with Crippen LogP contribution in [-0.4, -0.2) is 41.4 Å². The standard InChI is InChI=1S/C18H19N3O4/c1-4-25-18(22)14-10-19-17-9-15(20-21(17)16(14)11-23-2)12-5-7-13(24-3)8-6-12/h5-10H,4,11H2,1-3H3. The summed E-state index contributed by atoms with van der Waals surface area (Å²) < 4.78 is 17.1. The number of hydrogen-bond donors (Lipinski definition) is 0. The van der Waals surface area contributed by atoms with Crippen molar-refractivity contribution in [2.24, 2.45) is 0 Å². The molecule has 2 heterocycles. The summed E-state index contributed by atoms with van der Waals surface area (Å²) >= 11 is 0. The van der Waals surface area contributed by atoms with E-state index in [1.807, 2.05) is 30.3 Å². The Bertz CT molecular complexity index is 887. The highest BCUT2D eigenvalue weighted by atomic mass is 16.5. The summed E-state index contributed by atoms with van der Waals surface area (Å²) in [4.78, 5) is 16.5. The molecule has 25 heavy (non-hydrogen) atoms. The number of carbonyl (C=O) groups is 1. The predicted molar refractivity (Wildman–Crippen MR) is 91.6 cm³/mol. The zero-order valence-electron chi connectivity index (χ0n) is 14.4. The maximum absolute atomic E-state index is 12.2. The van der Waals surface area contributed by atoms with Gasteiger partial charge >= 0.3 is 5.97 Å². The number of esters is 1. The molecule has 0 fully saturated rings. The molecule has 3 aromatic rings. The van der Waals surface area contributed by atoms with E-state index in [9.17, 15) is 4.79 Å². The first-order chi connectivity index (χ1) is 12.2. The molecule has 130 valence electrons. The summed E-state index contributed by atoms with van der Waals surface area (Å²) in [5.74, 6) is 0.334. The van der Waals surface area contributed by atoms with Gasteiger partial charge in [-0.05, 0) is 31.2 Å². The molecule has 0 aliphatic carbocycles. The molecule has 0 aliphatic rings. The van der Waals surface area contributed by atoms with Crippen molar-refractivity contribution in [1.29, 1.82) is 0 Å². The first kappa shape index (κ1) is 16.9. The number of benzene rings is 1. The highest BCUT2D eigenvalue weighted by Gasteiger charge is 2.18. The Balaban J connectivity index is 2.09. The van der Waals surface area contributed by atoms with Gasteiger partial charge in [-0.15, -0.1) is 0 Å². The molecule has 2 aromatic heterocycles. The van der Waals surface area contributed by atoms with E-state index in [2.05, 4.69) is 10.1 Å². The Labute approximate surface area is 145 Å². The summed E-state index contributed by atoms with van der Waals surface area (Å²) in [7, 11) is 3.19. The third-order valence-corrected chi connectivity index (χ3v) is 3.75. The molecule has 0 amide bonds. The van der Waals surface area contributed by atoms with Gasteiger partial charge in [0.25, 0.3) is 0 Å². The number of ether oxygens (including phenoxy) is 3. The first-order valence-electron chi connectivity index (χ1n) is 7.86. The fourth-order valence-electron chi connectivity index (χ4n) is 2.54. The van der Waals surface area contributed by atoms with Gasteiger partial charge in [-0.3, -0.25) is 0 Å². The number of aromatic nitrogens is 3. The molecule has 0 saturated carbocycles. The zero-order valence-corrected chi connectivity index (χ0v) is 14.4. The van der Waals surface area contributed by atoms with Crippen LogP contribution in [0.4, 0.5) is 0 Å². The maximum atomic E-state index is 12.2. The number of hydrogen-bond acceptors (Lipinski definition) is 6. The molecule has 0 saturated heterocycles. The molecule has 0 bridgehead atoms. The molecule has 7 heteroatoms. The lowest BCUT2D eigenvalue weighted by Gasteiger charge is -2.09. The van der Waals surface area contributed by atoms with E-state index >= 15 is 0 Å². The van der Waals surface area contributed by atoms with Crippen molar-refractivity contribution in [3.8, 4) is 17.0 Å². The highest BCUT2D eigenvalue weighted by molar-refractivity contribution is 5.90. The van der Waals surface area contributed by atoms with Crippen LogP contribution < -0.4 is 4.74 Å². The third-order valence-electron chi connectivity index (χ3n) is 3.75. The summed E-state index contributed by atoms with van der Waals surface area (Å²) in [5.41, 5.74) is 3.25. The Hall–Kier alpha value is -2.93. The number of nitrogens with zero attached hydrogens (tertiary/aromatic N) is 3. The molecule has 0 aliphatic heterocycles. The summed E-state index contributed by atoms with van der Waals surface area (Å²) in [6.45, 7) is 2.27. The fraction of sp³-hybridized carbons (Fsp3) is 0.278. The minimum atomic E-state index is -0.439. The number of rotatable bonds is 6. The average molecular weight is 341 g/mol. The van der Waals surface area contributed by atoms with E-state index in [-0.39, 0.29) is 6.61 Å². The van der Waals surface area contributed by atoms with Crippen molar-refractivity contribution in [3.05, 3.63) is 47.8 Å². The summed E-state index contributed by atoms with van der Waals surface area (Å²) in [6.07, 6.45) is 1.50. The Morgan fingerprint density at radius 1 is 1.20 bits per heavy atom. The predicted octanol–water partition coefficient (Wildman–Crippen LogP) is 2.73. The van der Waals surface area contributed by atoms with Gasteiger partial charge in [-0.1, -0.05) is 0 Å². The van der Waals surface area contributed by atoms with Crippen molar-refractivity contribution in [3.63, 3.8) is 0 Å². The summed E-state index contributed by atoms with van der Waals surface area (Å²) in [5, 5.41) is 4.59. The average Bonchev–Trinajstić information content (AvgIpc) is 3.07. The smallest absolute Gasteiger partial charge is 0.341 e. The molecule has 0 unspecified atom stereocenters. The largest absolute Gasteiger partial charge is 0.497 e. The van der Waals surface area contributed by atoms with Gasteiger partial charge in [0.1, 0.15) is 11.3 Å². The second-order valence-corrected chi connectivity index (χ2v) is 5.30. The lowest BCUT2D eigenvalue weighted by Crippen LogP contribution is -2.14. The quantitative estimate of drug-likeness (QED) is 0.642. The third kappa shape index (κ3) is 3.32. The molecule has 0 N–H and O–H groups in total. The lowest BCUT2D eigenvalue weighted by atomic mass is 10.1. The molecule has 0 spiro atoms. The molecule has 1 aromatic carbocycles. The Kier molecular flexibility index (Phi) is 4.95. The van der Waals surface area contributed by atoms with Gasteiger partial charge in [0.05, 0.1) is 31.7 Å². The van der Waals surface area contributed by atoms with Crippen molar-refractivity contribution in [1.82, 2.24) is 14.6 Å². The molecular formula is C18H19N3O4. The molecule has 3 rings (SSSR count). The number of carbonyl (C=O) groups excluding carboxylic acids is 1. The maximum Gasteiger partial charge on any atom is 0.341 e. The van der Waals surface area contributed by atoms with E-state index in [0.29, 0.717) is 23.5 Å². The van der Waals surface area contributed by atoms with Gasteiger partial charge < -0.3 is 14.2 Å². The minimum absolute atomic E-state index is 0.219. The SMILES string of the molecule is CCOC(=O)c1cnc2cc(-c3ccc(OC)cc3)nn2c1COC. The summed E-state index contributed by atoms with van der Waals surface area (Å²) in [6, 6.07) is 9.43. The second kappa shape index (κ2) is 7.31. The second-order valence-electron chi connectivity index (χ2n) is 5.30. The van der Waals surface area contributed by atoms with Crippen molar-refractivity contribution in [2.45, 2.75) is 13.5 Å². The monoisotopic (exact) mass is 341 g/mol. The van der Waals surface area contributed by atoms with Crippen molar-refractivity contribution >= 4 is 11.6 Å². The lowest BCUT2D eigenvalue weighted by molar-refractivity contribution is 0.0519. The number of fused-ring (bicyclic) bond motifs is 1. The van der Waals surface area contributed by atoms with E-state index in [4.69, 9.17) is 14.2 Å². The van der Waals surface area contributed by atoms with Crippen LogP contribution in [0.2, 0.25) is 0 Å². The van der Waals surface area contributed by atoms with Gasteiger partial charge in [-0.2, -0.15) is 5.10 Å². The zero-order chi connectivity index (χ0) is 17.8. The molecule has 0 atom stereocenters. The Morgan fingerprint density at radius 3 is 2.60 bits per heavy atom. The van der Waals surface area contributed by atoms with Crippen LogP contribution in [0.25, 0.3) is 16.9 Å². The minimum Gasteiger partial charge on any atom is -0.497 e. The van der Waals surface area contributed by atoms with Crippen LogP contribution in [-0.2, 0) is 16.1 Å². The van der Waals surface area contributed by atoms with Gasteiger partial charge in [0.15, 0.2) is 5.65 Å². The van der Waals surface area contributed by atoms with Crippen molar-refractivity contribution in [2.75, 3.05) is 20.8 Å². The number of methoxy groups -OCH3 is 2. The molecule has 0 radical (unpaired) electrons. The van der Waals surface area contributed by atoms with Gasteiger partial charge in [0.2, 0.25) is 0 Å². The van der Waals surface area contributed by atoms with Gasteiger partial charge in [0, 0.05) is 24.9 Å².